The first kappa shape index (κ1) is 18.9. The number of halogens is 4. The van der Waals surface area contributed by atoms with E-state index >= 15 is 0 Å². The Hall–Kier alpha value is -2.44. The lowest BCUT2D eigenvalue weighted by molar-refractivity contribution is -0.394. The van der Waals surface area contributed by atoms with Gasteiger partial charge in [0.2, 0.25) is 0 Å². The molecule has 0 fully saturated rings. The Labute approximate surface area is 152 Å². The minimum atomic E-state index is -5.01. The van der Waals surface area contributed by atoms with Crippen LogP contribution in [0.5, 0.6) is 0 Å². The van der Waals surface area contributed by atoms with Gasteiger partial charge < -0.3 is 4.90 Å². The Morgan fingerprint density at radius 1 is 1.08 bits per heavy atom. The van der Waals surface area contributed by atoms with Crippen molar-refractivity contribution in [1.82, 2.24) is 0 Å². The number of nitro benzene ring substituents is 2. The van der Waals surface area contributed by atoms with Crippen LogP contribution in [0, 0.1) is 23.8 Å². The molecule has 11 heteroatoms. The van der Waals surface area contributed by atoms with Crippen LogP contribution in [-0.4, -0.2) is 16.9 Å². The summed E-state index contributed by atoms with van der Waals surface area (Å²) < 4.78 is 41.0. The Morgan fingerprint density at radius 3 is 2.20 bits per heavy atom. The summed E-state index contributed by atoms with van der Waals surface area (Å²) in [6.45, 7) is 0. The van der Waals surface area contributed by atoms with Crippen LogP contribution in [0.2, 0.25) is 0 Å². The van der Waals surface area contributed by atoms with Crippen molar-refractivity contribution in [3.05, 3.63) is 65.8 Å². The first-order valence-electron chi connectivity index (χ1n) is 6.55. The molecular formula is C14H9F3IN3O4. The van der Waals surface area contributed by atoms with Crippen LogP contribution in [0.25, 0.3) is 0 Å². The summed E-state index contributed by atoms with van der Waals surface area (Å²) in [5.74, 6) is 0. The molecule has 0 saturated carbocycles. The van der Waals surface area contributed by atoms with E-state index in [9.17, 15) is 33.4 Å². The van der Waals surface area contributed by atoms with Crippen molar-refractivity contribution in [2.75, 3.05) is 11.9 Å². The maximum atomic E-state index is 13.4. The lowest BCUT2D eigenvalue weighted by atomic mass is 10.1. The average molecular weight is 467 g/mol. The molecule has 0 aliphatic carbocycles. The molecule has 0 aliphatic rings. The number of hydrogen-bond acceptors (Lipinski definition) is 5. The highest BCUT2D eigenvalue weighted by Crippen LogP contribution is 2.45. The van der Waals surface area contributed by atoms with Crippen LogP contribution in [0.15, 0.2) is 36.4 Å². The van der Waals surface area contributed by atoms with Gasteiger partial charge in [-0.3, -0.25) is 20.2 Å². The maximum Gasteiger partial charge on any atom is 0.418 e. The highest BCUT2D eigenvalue weighted by atomic mass is 127. The van der Waals surface area contributed by atoms with Gasteiger partial charge in [-0.2, -0.15) is 13.2 Å². The zero-order chi connectivity index (χ0) is 18.9. The zero-order valence-electron chi connectivity index (χ0n) is 12.5. The molecule has 132 valence electrons. The summed E-state index contributed by atoms with van der Waals surface area (Å²) in [6, 6.07) is 7.12. The lowest BCUT2D eigenvalue weighted by Gasteiger charge is -2.23. The molecule has 2 aromatic rings. The third-order valence-electron chi connectivity index (χ3n) is 3.32. The third kappa shape index (κ3) is 3.97. The van der Waals surface area contributed by atoms with Gasteiger partial charge in [-0.15, -0.1) is 0 Å². The highest BCUT2D eigenvalue weighted by molar-refractivity contribution is 14.1. The van der Waals surface area contributed by atoms with E-state index in [0.29, 0.717) is 15.7 Å². The monoisotopic (exact) mass is 467 g/mol. The number of nitrogens with zero attached hydrogens (tertiary/aromatic N) is 3. The van der Waals surface area contributed by atoms with Gasteiger partial charge in [-0.25, -0.2) is 0 Å². The van der Waals surface area contributed by atoms with Crippen molar-refractivity contribution in [2.24, 2.45) is 0 Å². The lowest BCUT2D eigenvalue weighted by Crippen LogP contribution is -2.19. The summed E-state index contributed by atoms with van der Waals surface area (Å²) in [5, 5.41) is 22.1. The highest BCUT2D eigenvalue weighted by Gasteiger charge is 2.41. The van der Waals surface area contributed by atoms with Gasteiger partial charge in [0.1, 0.15) is 5.69 Å². The van der Waals surface area contributed by atoms with Crippen molar-refractivity contribution >= 4 is 45.3 Å². The fourth-order valence-corrected chi connectivity index (χ4v) is 2.76. The van der Waals surface area contributed by atoms with Gasteiger partial charge in [0.15, 0.2) is 0 Å². The second-order valence-electron chi connectivity index (χ2n) is 4.91. The fraction of sp³-hybridized carbons (Fsp3) is 0.143. The van der Waals surface area contributed by atoms with Gasteiger partial charge >= 0.3 is 6.18 Å². The Kier molecular flexibility index (Phi) is 5.15. The number of alkyl halides is 3. The van der Waals surface area contributed by atoms with E-state index in [2.05, 4.69) is 0 Å². The Morgan fingerprint density at radius 2 is 1.72 bits per heavy atom. The molecule has 0 aromatic heterocycles. The van der Waals surface area contributed by atoms with Crippen molar-refractivity contribution in [1.29, 1.82) is 0 Å². The number of nitro groups is 2. The summed E-state index contributed by atoms with van der Waals surface area (Å²) in [6.07, 6.45) is -5.01. The minimum absolute atomic E-state index is 0.273. The Balaban J connectivity index is 2.81. The van der Waals surface area contributed by atoms with Crippen molar-refractivity contribution in [3.8, 4) is 0 Å². The van der Waals surface area contributed by atoms with Gasteiger partial charge in [-0.1, -0.05) is 6.07 Å². The minimum Gasteiger partial charge on any atom is -0.338 e. The standard InChI is InChI=1S/C14H9F3IN3O4/c1-19(9-4-2-3-8(18)5-9)13-11(14(15,16)17)6-10(20(22)23)7-12(13)21(24)25/h2-7H,1H3. The summed E-state index contributed by atoms with van der Waals surface area (Å²) in [4.78, 5) is 20.9. The normalized spacial score (nSPS) is 11.2. The van der Waals surface area contributed by atoms with Gasteiger partial charge in [0, 0.05) is 22.4 Å². The number of rotatable bonds is 4. The van der Waals surface area contributed by atoms with Gasteiger partial charge in [0.05, 0.1) is 21.5 Å². The first-order chi connectivity index (χ1) is 11.5. The van der Waals surface area contributed by atoms with Crippen molar-refractivity contribution in [3.63, 3.8) is 0 Å². The largest absolute Gasteiger partial charge is 0.418 e. The van der Waals surface area contributed by atoms with Gasteiger partial charge in [0.25, 0.3) is 11.4 Å². The summed E-state index contributed by atoms with van der Waals surface area (Å²) >= 11 is 1.95. The Bertz CT molecular complexity index is 858. The maximum absolute atomic E-state index is 13.4. The van der Waals surface area contributed by atoms with E-state index in [0.717, 1.165) is 4.90 Å². The van der Waals surface area contributed by atoms with E-state index in [-0.39, 0.29) is 5.69 Å². The van der Waals surface area contributed by atoms with E-state index in [1.54, 1.807) is 12.1 Å². The quantitative estimate of drug-likeness (QED) is 0.363. The van der Waals surface area contributed by atoms with Crippen LogP contribution in [0.3, 0.4) is 0 Å². The molecule has 0 radical (unpaired) electrons. The predicted molar refractivity (Wildman–Crippen MR) is 92.0 cm³/mol. The molecule has 0 atom stereocenters. The second kappa shape index (κ2) is 6.82. The zero-order valence-corrected chi connectivity index (χ0v) is 14.6. The first-order valence-corrected chi connectivity index (χ1v) is 7.63. The van der Waals surface area contributed by atoms with E-state index in [4.69, 9.17) is 0 Å². The topological polar surface area (TPSA) is 89.5 Å². The molecule has 0 N–H and O–H groups in total. The smallest absolute Gasteiger partial charge is 0.338 e. The van der Waals surface area contributed by atoms with Crippen LogP contribution in [0.1, 0.15) is 5.56 Å². The van der Waals surface area contributed by atoms with Crippen molar-refractivity contribution in [2.45, 2.75) is 6.18 Å². The van der Waals surface area contributed by atoms with Gasteiger partial charge in [-0.05, 0) is 40.8 Å². The molecule has 0 heterocycles. The molecule has 25 heavy (non-hydrogen) atoms. The summed E-state index contributed by atoms with van der Waals surface area (Å²) in [7, 11) is 1.23. The predicted octanol–water partition coefficient (Wildman–Crippen LogP) is 4.89. The number of benzene rings is 2. The van der Waals surface area contributed by atoms with E-state index in [1.165, 1.54) is 19.2 Å². The van der Waals surface area contributed by atoms with Crippen molar-refractivity contribution < 1.29 is 23.0 Å². The SMILES string of the molecule is CN(c1cccc(I)c1)c1c([N+](=O)[O-])cc([N+](=O)[O-])cc1C(F)(F)F. The molecule has 0 aliphatic heterocycles. The van der Waals surface area contributed by atoms with Crippen LogP contribution in [0.4, 0.5) is 35.9 Å². The number of hydrogen-bond donors (Lipinski definition) is 0. The molecular weight excluding hydrogens is 458 g/mol. The molecule has 7 nitrogen and oxygen atoms in total. The molecule has 2 aromatic carbocycles. The molecule has 0 saturated heterocycles. The van der Waals surface area contributed by atoms with E-state index in [1.807, 2.05) is 22.6 Å². The molecule has 0 spiro atoms. The molecule has 2 rings (SSSR count). The fourth-order valence-electron chi connectivity index (χ4n) is 2.23. The molecule has 0 unspecified atom stereocenters. The van der Waals surface area contributed by atoms with Crippen LogP contribution < -0.4 is 4.90 Å². The van der Waals surface area contributed by atoms with E-state index < -0.39 is 38.6 Å². The summed E-state index contributed by atoms with van der Waals surface area (Å²) in [5.41, 5.74) is -3.93. The second-order valence-corrected chi connectivity index (χ2v) is 6.16. The number of anilines is 2. The van der Waals surface area contributed by atoms with Crippen LogP contribution >= 0.6 is 22.6 Å². The number of non-ortho nitro benzene ring substituents is 1. The average Bonchev–Trinajstić information content (AvgIpc) is 2.51. The molecule has 0 amide bonds. The third-order valence-corrected chi connectivity index (χ3v) is 3.99. The van der Waals surface area contributed by atoms with Crippen LogP contribution in [-0.2, 0) is 6.18 Å². The molecule has 0 bridgehead atoms.